The smallest absolute Gasteiger partial charge is 0.123 e. The standard InChI is InChI=1S/C14H21FN2O/c1-17(8-10-5-13(16)6-10)9-11-7-12(15)3-4-14(11)18-2/h3-4,7,10,13H,5-6,8-9,16H2,1-2H3. The highest BCUT2D eigenvalue weighted by Crippen LogP contribution is 2.27. The molecule has 1 aromatic rings. The second-order valence-corrected chi connectivity index (χ2v) is 5.25. The number of hydrogen-bond donors (Lipinski definition) is 1. The summed E-state index contributed by atoms with van der Waals surface area (Å²) in [6.45, 7) is 1.71. The van der Waals surface area contributed by atoms with Crippen molar-refractivity contribution in [3.63, 3.8) is 0 Å². The molecule has 0 aliphatic heterocycles. The first-order valence-electron chi connectivity index (χ1n) is 6.35. The van der Waals surface area contributed by atoms with Crippen LogP contribution in [0.3, 0.4) is 0 Å². The Morgan fingerprint density at radius 2 is 2.17 bits per heavy atom. The largest absolute Gasteiger partial charge is 0.496 e. The van der Waals surface area contributed by atoms with E-state index in [4.69, 9.17) is 10.5 Å². The third kappa shape index (κ3) is 3.21. The zero-order chi connectivity index (χ0) is 13.1. The van der Waals surface area contributed by atoms with E-state index < -0.39 is 0 Å². The van der Waals surface area contributed by atoms with Gasteiger partial charge in [-0.15, -0.1) is 0 Å². The molecule has 1 fully saturated rings. The number of rotatable bonds is 5. The van der Waals surface area contributed by atoms with Gasteiger partial charge in [0.25, 0.3) is 0 Å². The molecule has 0 heterocycles. The number of nitrogens with zero attached hydrogens (tertiary/aromatic N) is 1. The van der Waals surface area contributed by atoms with Crippen LogP contribution >= 0.6 is 0 Å². The van der Waals surface area contributed by atoms with Gasteiger partial charge >= 0.3 is 0 Å². The lowest BCUT2D eigenvalue weighted by Crippen LogP contribution is -2.41. The SMILES string of the molecule is COc1ccc(F)cc1CN(C)CC1CC(N)C1. The second-order valence-electron chi connectivity index (χ2n) is 5.25. The Labute approximate surface area is 108 Å². The van der Waals surface area contributed by atoms with Crippen molar-refractivity contribution in [3.05, 3.63) is 29.6 Å². The van der Waals surface area contributed by atoms with Crippen molar-refractivity contribution < 1.29 is 9.13 Å². The van der Waals surface area contributed by atoms with E-state index in [0.29, 0.717) is 18.5 Å². The van der Waals surface area contributed by atoms with Crippen molar-refractivity contribution in [1.82, 2.24) is 4.90 Å². The molecule has 0 aromatic heterocycles. The van der Waals surface area contributed by atoms with E-state index in [9.17, 15) is 4.39 Å². The molecule has 0 unspecified atom stereocenters. The fraction of sp³-hybridized carbons (Fsp3) is 0.571. The van der Waals surface area contributed by atoms with Gasteiger partial charge < -0.3 is 15.4 Å². The molecule has 1 aliphatic carbocycles. The molecule has 100 valence electrons. The van der Waals surface area contributed by atoms with Crippen LogP contribution in [0.1, 0.15) is 18.4 Å². The summed E-state index contributed by atoms with van der Waals surface area (Å²) in [6, 6.07) is 5.03. The maximum Gasteiger partial charge on any atom is 0.123 e. The van der Waals surface area contributed by atoms with Gasteiger partial charge in [-0.25, -0.2) is 4.39 Å². The van der Waals surface area contributed by atoms with Gasteiger partial charge in [-0.05, 0) is 44.0 Å². The van der Waals surface area contributed by atoms with Gasteiger partial charge in [0.1, 0.15) is 11.6 Å². The van der Waals surface area contributed by atoms with Crippen LogP contribution in [0.15, 0.2) is 18.2 Å². The molecule has 0 bridgehead atoms. The van der Waals surface area contributed by atoms with E-state index in [0.717, 1.165) is 30.7 Å². The number of methoxy groups -OCH3 is 1. The van der Waals surface area contributed by atoms with Crippen LogP contribution in [0.5, 0.6) is 5.75 Å². The number of ether oxygens (including phenoxy) is 1. The Balaban J connectivity index is 1.93. The van der Waals surface area contributed by atoms with Crippen LogP contribution in [0.4, 0.5) is 4.39 Å². The predicted octanol–water partition coefficient (Wildman–Crippen LogP) is 2.00. The molecule has 0 radical (unpaired) electrons. The quantitative estimate of drug-likeness (QED) is 0.871. The van der Waals surface area contributed by atoms with E-state index in [-0.39, 0.29) is 5.82 Å². The summed E-state index contributed by atoms with van der Waals surface area (Å²) in [5.74, 6) is 1.21. The molecule has 0 amide bonds. The highest BCUT2D eigenvalue weighted by atomic mass is 19.1. The van der Waals surface area contributed by atoms with Crippen molar-refractivity contribution in [2.24, 2.45) is 11.7 Å². The Bertz CT molecular complexity index is 405. The Kier molecular flexibility index (Phi) is 4.19. The minimum atomic E-state index is -0.218. The number of halogens is 1. The normalized spacial score (nSPS) is 22.9. The van der Waals surface area contributed by atoms with E-state index in [2.05, 4.69) is 4.90 Å². The zero-order valence-electron chi connectivity index (χ0n) is 11.0. The van der Waals surface area contributed by atoms with Crippen LogP contribution in [-0.4, -0.2) is 31.6 Å². The summed E-state index contributed by atoms with van der Waals surface area (Å²) in [6.07, 6.45) is 2.20. The molecule has 0 saturated heterocycles. The zero-order valence-corrected chi connectivity index (χ0v) is 11.0. The van der Waals surface area contributed by atoms with Gasteiger partial charge in [0.15, 0.2) is 0 Å². The van der Waals surface area contributed by atoms with Gasteiger partial charge in [0, 0.05) is 24.7 Å². The third-order valence-corrected chi connectivity index (χ3v) is 3.52. The molecule has 18 heavy (non-hydrogen) atoms. The molecule has 2 rings (SSSR count). The lowest BCUT2D eigenvalue weighted by molar-refractivity contribution is 0.177. The van der Waals surface area contributed by atoms with Crippen LogP contribution in [0, 0.1) is 11.7 Å². The fourth-order valence-electron chi connectivity index (χ4n) is 2.60. The van der Waals surface area contributed by atoms with E-state index in [1.54, 1.807) is 19.2 Å². The van der Waals surface area contributed by atoms with Crippen LogP contribution in [-0.2, 0) is 6.54 Å². The lowest BCUT2D eigenvalue weighted by atomic mass is 9.80. The first-order valence-corrected chi connectivity index (χ1v) is 6.35. The number of nitrogens with two attached hydrogens (primary N) is 1. The van der Waals surface area contributed by atoms with E-state index in [1.807, 2.05) is 7.05 Å². The topological polar surface area (TPSA) is 38.5 Å². The molecule has 0 atom stereocenters. The van der Waals surface area contributed by atoms with E-state index in [1.165, 1.54) is 6.07 Å². The van der Waals surface area contributed by atoms with Crippen LogP contribution in [0.2, 0.25) is 0 Å². The van der Waals surface area contributed by atoms with Crippen molar-refractivity contribution in [3.8, 4) is 5.75 Å². The number of benzene rings is 1. The van der Waals surface area contributed by atoms with Gasteiger partial charge in [0.2, 0.25) is 0 Å². The summed E-state index contributed by atoms with van der Waals surface area (Å²) in [5.41, 5.74) is 6.67. The average molecular weight is 252 g/mol. The van der Waals surface area contributed by atoms with Gasteiger partial charge in [-0.2, -0.15) is 0 Å². The molecular weight excluding hydrogens is 231 g/mol. The third-order valence-electron chi connectivity index (χ3n) is 3.52. The van der Waals surface area contributed by atoms with Crippen molar-refractivity contribution in [2.75, 3.05) is 20.7 Å². The fourth-order valence-corrected chi connectivity index (χ4v) is 2.60. The molecule has 2 N–H and O–H groups in total. The molecular formula is C14H21FN2O. The summed E-state index contributed by atoms with van der Waals surface area (Å²) >= 11 is 0. The maximum absolute atomic E-state index is 13.2. The minimum absolute atomic E-state index is 0.218. The summed E-state index contributed by atoms with van der Waals surface area (Å²) in [5, 5.41) is 0. The van der Waals surface area contributed by atoms with Crippen LogP contribution < -0.4 is 10.5 Å². The van der Waals surface area contributed by atoms with Gasteiger partial charge in [0.05, 0.1) is 7.11 Å². The molecule has 1 aliphatic rings. The van der Waals surface area contributed by atoms with Crippen LogP contribution in [0.25, 0.3) is 0 Å². The summed E-state index contributed by atoms with van der Waals surface area (Å²) in [7, 11) is 3.66. The summed E-state index contributed by atoms with van der Waals surface area (Å²) < 4.78 is 18.5. The van der Waals surface area contributed by atoms with E-state index >= 15 is 0 Å². The predicted molar refractivity (Wildman–Crippen MR) is 70.0 cm³/mol. The Morgan fingerprint density at radius 1 is 1.44 bits per heavy atom. The molecule has 1 aromatic carbocycles. The monoisotopic (exact) mass is 252 g/mol. The molecule has 1 saturated carbocycles. The van der Waals surface area contributed by atoms with Gasteiger partial charge in [-0.1, -0.05) is 0 Å². The lowest BCUT2D eigenvalue weighted by Gasteiger charge is -2.35. The summed E-state index contributed by atoms with van der Waals surface area (Å²) in [4.78, 5) is 2.20. The molecule has 0 spiro atoms. The minimum Gasteiger partial charge on any atom is -0.496 e. The number of hydrogen-bond acceptors (Lipinski definition) is 3. The highest BCUT2D eigenvalue weighted by Gasteiger charge is 2.26. The Hall–Kier alpha value is -1.13. The second kappa shape index (κ2) is 5.67. The molecule has 3 nitrogen and oxygen atoms in total. The average Bonchev–Trinajstić information content (AvgIpc) is 2.27. The maximum atomic E-state index is 13.2. The first kappa shape index (κ1) is 13.3. The van der Waals surface area contributed by atoms with Crippen molar-refractivity contribution >= 4 is 0 Å². The first-order chi connectivity index (χ1) is 8.58. The van der Waals surface area contributed by atoms with Crippen molar-refractivity contribution in [1.29, 1.82) is 0 Å². The Morgan fingerprint density at radius 3 is 2.78 bits per heavy atom. The van der Waals surface area contributed by atoms with Gasteiger partial charge in [-0.3, -0.25) is 0 Å². The highest BCUT2D eigenvalue weighted by molar-refractivity contribution is 5.33. The van der Waals surface area contributed by atoms with Crippen molar-refractivity contribution in [2.45, 2.75) is 25.4 Å². The molecule has 4 heteroatoms.